The van der Waals surface area contributed by atoms with Crippen LogP contribution >= 0.6 is 0 Å². The van der Waals surface area contributed by atoms with Gasteiger partial charge in [-0.1, -0.05) is 37.3 Å². The Bertz CT molecular complexity index is 184. The van der Waals surface area contributed by atoms with Crippen LogP contribution in [0, 0.1) is 0 Å². The molecular formula is C9H11NaO. The van der Waals surface area contributed by atoms with Gasteiger partial charge >= 0.3 is 29.6 Å². The second-order valence-electron chi connectivity index (χ2n) is 2.50. The molecule has 0 fully saturated rings. The van der Waals surface area contributed by atoms with Gasteiger partial charge < -0.3 is 5.11 Å². The molecule has 0 aromatic heterocycles. The fraction of sp³-hybridized carbons (Fsp3) is 0.333. The Kier molecular flexibility index (Phi) is 5.88. The monoisotopic (exact) mass is 158 g/mol. The van der Waals surface area contributed by atoms with E-state index in [0.717, 1.165) is 5.56 Å². The van der Waals surface area contributed by atoms with Gasteiger partial charge in [-0.15, -0.1) is 6.10 Å². The minimum absolute atomic E-state index is 0. The molecule has 1 aromatic rings. The molecule has 2 heteroatoms. The van der Waals surface area contributed by atoms with Gasteiger partial charge in [-0.2, -0.15) is 0 Å². The van der Waals surface area contributed by atoms with E-state index in [9.17, 15) is 5.11 Å². The van der Waals surface area contributed by atoms with E-state index in [-0.39, 0.29) is 29.6 Å². The van der Waals surface area contributed by atoms with Gasteiger partial charge in [0.25, 0.3) is 0 Å². The predicted octanol–water partition coefficient (Wildman–Crippen LogP) is -2.02. The van der Waals surface area contributed by atoms with E-state index >= 15 is 0 Å². The normalized spacial score (nSPS) is 11.8. The van der Waals surface area contributed by atoms with Gasteiger partial charge in [-0.25, -0.2) is 0 Å². The van der Waals surface area contributed by atoms with Crippen LogP contribution in [0.4, 0.5) is 0 Å². The van der Waals surface area contributed by atoms with E-state index in [0.29, 0.717) is 6.42 Å². The van der Waals surface area contributed by atoms with Gasteiger partial charge in [0.1, 0.15) is 0 Å². The van der Waals surface area contributed by atoms with E-state index in [1.807, 2.05) is 30.3 Å². The molecule has 0 bridgehead atoms. The van der Waals surface area contributed by atoms with Crippen molar-refractivity contribution in [3.05, 3.63) is 35.9 Å². The third-order valence-electron chi connectivity index (χ3n) is 1.37. The van der Waals surface area contributed by atoms with Crippen LogP contribution in [-0.2, 0) is 6.42 Å². The Labute approximate surface area is 89.7 Å². The van der Waals surface area contributed by atoms with Gasteiger partial charge in [0, 0.05) is 0 Å². The van der Waals surface area contributed by atoms with Crippen LogP contribution in [0.25, 0.3) is 0 Å². The zero-order chi connectivity index (χ0) is 7.40. The molecule has 1 atom stereocenters. The first-order valence-corrected chi connectivity index (χ1v) is 3.49. The minimum Gasteiger partial charge on any atom is -0.852 e. The van der Waals surface area contributed by atoms with Gasteiger partial charge in [-0.3, -0.25) is 0 Å². The zero-order valence-corrected chi connectivity index (χ0v) is 9.08. The van der Waals surface area contributed by atoms with Crippen molar-refractivity contribution in [1.82, 2.24) is 0 Å². The summed E-state index contributed by atoms with van der Waals surface area (Å²) in [5.41, 5.74) is 1.13. The van der Waals surface area contributed by atoms with Gasteiger partial charge in [0.05, 0.1) is 0 Å². The SMILES string of the molecule is CC([O-])Cc1ccccc1.[Na+]. The number of rotatable bonds is 2. The van der Waals surface area contributed by atoms with Crippen molar-refractivity contribution in [2.24, 2.45) is 0 Å². The van der Waals surface area contributed by atoms with Gasteiger partial charge in [-0.05, 0) is 12.0 Å². The molecule has 1 nitrogen and oxygen atoms in total. The first-order chi connectivity index (χ1) is 4.79. The maximum absolute atomic E-state index is 10.7. The molecule has 54 valence electrons. The van der Waals surface area contributed by atoms with E-state index in [1.165, 1.54) is 0 Å². The summed E-state index contributed by atoms with van der Waals surface area (Å²) in [6.45, 7) is 1.69. The molecule has 0 saturated heterocycles. The molecule has 1 unspecified atom stereocenters. The van der Waals surface area contributed by atoms with Crippen molar-refractivity contribution >= 4 is 0 Å². The average Bonchev–Trinajstić information content (AvgIpc) is 1.88. The molecule has 0 radical (unpaired) electrons. The molecule has 1 rings (SSSR count). The largest absolute Gasteiger partial charge is 1.00 e. The second-order valence-corrected chi connectivity index (χ2v) is 2.50. The van der Waals surface area contributed by atoms with E-state index in [4.69, 9.17) is 0 Å². The number of hydrogen-bond acceptors (Lipinski definition) is 1. The molecule has 0 aliphatic heterocycles. The fourth-order valence-corrected chi connectivity index (χ4v) is 0.946. The summed E-state index contributed by atoms with van der Waals surface area (Å²) < 4.78 is 0. The average molecular weight is 158 g/mol. The molecule has 0 N–H and O–H groups in total. The van der Waals surface area contributed by atoms with Crippen molar-refractivity contribution < 1.29 is 34.7 Å². The van der Waals surface area contributed by atoms with Crippen LogP contribution in [0.5, 0.6) is 0 Å². The summed E-state index contributed by atoms with van der Waals surface area (Å²) in [4.78, 5) is 0. The standard InChI is InChI=1S/C9H11O.Na/c1-8(10)7-9-5-3-2-4-6-9;/h2-6,8H,7H2,1H3;/q-1;+1. The van der Waals surface area contributed by atoms with Gasteiger partial charge in [0.2, 0.25) is 0 Å². The molecular weight excluding hydrogens is 147 g/mol. The summed E-state index contributed by atoms with van der Waals surface area (Å²) in [6, 6.07) is 9.83. The third-order valence-corrected chi connectivity index (χ3v) is 1.37. The summed E-state index contributed by atoms with van der Waals surface area (Å²) in [6.07, 6.45) is 0.156. The van der Waals surface area contributed by atoms with Crippen molar-refractivity contribution in [2.75, 3.05) is 0 Å². The fourth-order valence-electron chi connectivity index (χ4n) is 0.946. The van der Waals surface area contributed by atoms with E-state index in [2.05, 4.69) is 0 Å². The molecule has 0 saturated carbocycles. The Morgan fingerprint density at radius 1 is 1.27 bits per heavy atom. The Morgan fingerprint density at radius 2 is 1.82 bits per heavy atom. The summed E-state index contributed by atoms with van der Waals surface area (Å²) in [5, 5.41) is 10.7. The molecule has 11 heavy (non-hydrogen) atoms. The van der Waals surface area contributed by atoms with Crippen molar-refractivity contribution in [3.63, 3.8) is 0 Å². The van der Waals surface area contributed by atoms with Crippen LogP contribution < -0.4 is 34.7 Å². The van der Waals surface area contributed by atoms with Crippen LogP contribution in [0.1, 0.15) is 12.5 Å². The Morgan fingerprint density at radius 3 is 2.27 bits per heavy atom. The van der Waals surface area contributed by atoms with Crippen molar-refractivity contribution in [2.45, 2.75) is 19.4 Å². The van der Waals surface area contributed by atoms with Crippen LogP contribution in [0.2, 0.25) is 0 Å². The van der Waals surface area contributed by atoms with Crippen LogP contribution in [0.3, 0.4) is 0 Å². The van der Waals surface area contributed by atoms with Gasteiger partial charge in [0.15, 0.2) is 0 Å². The minimum atomic E-state index is -0.484. The quantitative estimate of drug-likeness (QED) is 0.456. The van der Waals surface area contributed by atoms with Crippen molar-refractivity contribution in [1.29, 1.82) is 0 Å². The molecule has 0 heterocycles. The first kappa shape index (κ1) is 11.2. The number of benzene rings is 1. The summed E-state index contributed by atoms with van der Waals surface area (Å²) in [7, 11) is 0. The molecule has 0 amide bonds. The predicted molar refractivity (Wildman–Crippen MR) is 39.6 cm³/mol. The van der Waals surface area contributed by atoms with Crippen LogP contribution in [0.15, 0.2) is 30.3 Å². The molecule has 0 spiro atoms. The first-order valence-electron chi connectivity index (χ1n) is 3.49. The molecule has 1 aromatic carbocycles. The van der Waals surface area contributed by atoms with E-state index in [1.54, 1.807) is 6.92 Å². The topological polar surface area (TPSA) is 23.1 Å². The summed E-state index contributed by atoms with van der Waals surface area (Å²) in [5.74, 6) is 0. The van der Waals surface area contributed by atoms with Crippen molar-refractivity contribution in [3.8, 4) is 0 Å². The van der Waals surface area contributed by atoms with Crippen LogP contribution in [-0.4, -0.2) is 6.10 Å². The maximum Gasteiger partial charge on any atom is 1.00 e. The Balaban J connectivity index is 0.000001000. The third kappa shape index (κ3) is 4.59. The Hall–Kier alpha value is 0.180. The maximum atomic E-state index is 10.7. The summed E-state index contributed by atoms with van der Waals surface area (Å²) >= 11 is 0. The smallest absolute Gasteiger partial charge is 0.852 e. The zero-order valence-electron chi connectivity index (χ0n) is 7.08. The second kappa shape index (κ2) is 5.78. The van der Waals surface area contributed by atoms with E-state index < -0.39 is 6.10 Å². The molecule has 0 aliphatic carbocycles. The molecule has 0 aliphatic rings. The number of hydrogen-bond donors (Lipinski definition) is 0.